The first kappa shape index (κ1) is 13.7. The van der Waals surface area contributed by atoms with Gasteiger partial charge < -0.3 is 5.73 Å². The SMILES string of the molecule is CCCC(C)C(N)Cc1cc(F)ccc1Br. The van der Waals surface area contributed by atoms with E-state index in [1.54, 1.807) is 12.1 Å². The van der Waals surface area contributed by atoms with Gasteiger partial charge in [0.25, 0.3) is 0 Å². The molecule has 3 heteroatoms. The van der Waals surface area contributed by atoms with Gasteiger partial charge in [0, 0.05) is 10.5 Å². The highest BCUT2D eigenvalue weighted by atomic mass is 79.9. The van der Waals surface area contributed by atoms with Gasteiger partial charge in [-0.15, -0.1) is 0 Å². The summed E-state index contributed by atoms with van der Waals surface area (Å²) < 4.78 is 14.0. The van der Waals surface area contributed by atoms with E-state index in [2.05, 4.69) is 29.8 Å². The van der Waals surface area contributed by atoms with Crippen LogP contribution in [0.3, 0.4) is 0 Å². The summed E-state index contributed by atoms with van der Waals surface area (Å²) in [6.45, 7) is 4.31. The summed E-state index contributed by atoms with van der Waals surface area (Å²) in [6.07, 6.45) is 2.98. The lowest BCUT2D eigenvalue weighted by Crippen LogP contribution is -2.30. The monoisotopic (exact) mass is 287 g/mol. The van der Waals surface area contributed by atoms with Crippen molar-refractivity contribution >= 4 is 15.9 Å². The van der Waals surface area contributed by atoms with E-state index in [1.807, 2.05) is 0 Å². The Morgan fingerprint density at radius 2 is 2.12 bits per heavy atom. The second-order valence-electron chi connectivity index (χ2n) is 4.37. The molecule has 0 saturated carbocycles. The van der Waals surface area contributed by atoms with E-state index in [9.17, 15) is 4.39 Å². The summed E-state index contributed by atoms with van der Waals surface area (Å²) in [5.74, 6) is 0.272. The fourth-order valence-electron chi connectivity index (χ4n) is 1.82. The van der Waals surface area contributed by atoms with Crippen LogP contribution in [0, 0.1) is 11.7 Å². The molecule has 2 atom stereocenters. The van der Waals surface area contributed by atoms with Gasteiger partial charge in [0.2, 0.25) is 0 Å². The molecule has 0 aliphatic rings. The van der Waals surface area contributed by atoms with Gasteiger partial charge >= 0.3 is 0 Å². The molecule has 0 spiro atoms. The van der Waals surface area contributed by atoms with Crippen molar-refractivity contribution in [1.82, 2.24) is 0 Å². The zero-order chi connectivity index (χ0) is 12.1. The molecule has 0 radical (unpaired) electrons. The van der Waals surface area contributed by atoms with Crippen molar-refractivity contribution in [3.63, 3.8) is 0 Å². The zero-order valence-electron chi connectivity index (χ0n) is 9.84. The Labute approximate surface area is 105 Å². The van der Waals surface area contributed by atoms with Gasteiger partial charge in [0.05, 0.1) is 0 Å². The topological polar surface area (TPSA) is 26.0 Å². The van der Waals surface area contributed by atoms with Crippen LogP contribution < -0.4 is 5.73 Å². The lowest BCUT2D eigenvalue weighted by molar-refractivity contribution is 0.419. The van der Waals surface area contributed by atoms with Gasteiger partial charge in [-0.2, -0.15) is 0 Å². The molecule has 90 valence electrons. The number of hydrogen-bond acceptors (Lipinski definition) is 1. The number of hydrogen-bond donors (Lipinski definition) is 1. The summed E-state index contributed by atoms with van der Waals surface area (Å²) in [6, 6.07) is 4.84. The van der Waals surface area contributed by atoms with Crippen molar-refractivity contribution in [2.45, 2.75) is 39.2 Å². The first-order chi connectivity index (χ1) is 7.54. The van der Waals surface area contributed by atoms with E-state index in [4.69, 9.17) is 5.73 Å². The average molecular weight is 288 g/mol. The molecule has 0 heterocycles. The standard InChI is InChI=1S/C13H19BrFN/c1-3-4-9(2)13(16)8-10-7-11(15)5-6-12(10)14/h5-7,9,13H,3-4,8,16H2,1-2H3. The summed E-state index contributed by atoms with van der Waals surface area (Å²) >= 11 is 3.42. The average Bonchev–Trinajstić information content (AvgIpc) is 2.23. The van der Waals surface area contributed by atoms with Gasteiger partial charge in [-0.25, -0.2) is 4.39 Å². The quantitative estimate of drug-likeness (QED) is 0.874. The molecule has 0 aliphatic heterocycles. The molecular formula is C13H19BrFN. The number of nitrogens with two attached hydrogens (primary N) is 1. The van der Waals surface area contributed by atoms with Crippen LogP contribution in [0.2, 0.25) is 0 Å². The van der Waals surface area contributed by atoms with Crippen LogP contribution in [-0.4, -0.2) is 6.04 Å². The molecule has 0 fully saturated rings. The van der Waals surface area contributed by atoms with E-state index in [0.29, 0.717) is 5.92 Å². The van der Waals surface area contributed by atoms with Crippen LogP contribution in [0.5, 0.6) is 0 Å². The van der Waals surface area contributed by atoms with Crippen LogP contribution >= 0.6 is 15.9 Å². The van der Waals surface area contributed by atoms with Crippen LogP contribution in [0.1, 0.15) is 32.3 Å². The molecule has 2 unspecified atom stereocenters. The molecule has 2 N–H and O–H groups in total. The van der Waals surface area contributed by atoms with Crippen molar-refractivity contribution in [2.24, 2.45) is 11.7 Å². The second-order valence-corrected chi connectivity index (χ2v) is 5.22. The van der Waals surface area contributed by atoms with Crippen molar-refractivity contribution in [1.29, 1.82) is 0 Å². The fourth-order valence-corrected chi connectivity index (χ4v) is 2.23. The largest absolute Gasteiger partial charge is 0.327 e. The Balaban J connectivity index is 2.68. The molecule has 1 aromatic carbocycles. The number of rotatable bonds is 5. The lowest BCUT2D eigenvalue weighted by atomic mass is 9.92. The van der Waals surface area contributed by atoms with Crippen molar-refractivity contribution < 1.29 is 4.39 Å². The third-order valence-corrected chi connectivity index (χ3v) is 3.71. The predicted octanol–water partition coefficient (Wildman–Crippen LogP) is 3.89. The first-order valence-corrected chi connectivity index (χ1v) is 6.53. The van der Waals surface area contributed by atoms with Crippen LogP contribution in [-0.2, 0) is 6.42 Å². The smallest absolute Gasteiger partial charge is 0.123 e. The van der Waals surface area contributed by atoms with Crippen molar-refractivity contribution in [2.75, 3.05) is 0 Å². The Bertz CT molecular complexity index is 341. The molecule has 1 aromatic rings. The molecular weight excluding hydrogens is 269 g/mol. The van der Waals surface area contributed by atoms with Gasteiger partial charge in [-0.3, -0.25) is 0 Å². The van der Waals surface area contributed by atoms with Crippen molar-refractivity contribution in [3.05, 3.63) is 34.1 Å². The third-order valence-electron chi connectivity index (χ3n) is 2.94. The Morgan fingerprint density at radius 3 is 2.75 bits per heavy atom. The highest BCUT2D eigenvalue weighted by Crippen LogP contribution is 2.21. The Kier molecular flexibility index (Phi) is 5.42. The van der Waals surface area contributed by atoms with Gasteiger partial charge in [0.1, 0.15) is 5.82 Å². The van der Waals surface area contributed by atoms with E-state index in [0.717, 1.165) is 29.3 Å². The molecule has 0 amide bonds. The fraction of sp³-hybridized carbons (Fsp3) is 0.538. The Hall–Kier alpha value is -0.410. The number of benzene rings is 1. The van der Waals surface area contributed by atoms with E-state index in [-0.39, 0.29) is 11.9 Å². The summed E-state index contributed by atoms with van der Waals surface area (Å²) in [7, 11) is 0. The maximum absolute atomic E-state index is 13.1. The molecule has 0 aromatic heterocycles. The van der Waals surface area contributed by atoms with Crippen LogP contribution in [0.25, 0.3) is 0 Å². The minimum Gasteiger partial charge on any atom is -0.327 e. The zero-order valence-corrected chi connectivity index (χ0v) is 11.4. The highest BCUT2D eigenvalue weighted by Gasteiger charge is 2.14. The van der Waals surface area contributed by atoms with E-state index in [1.165, 1.54) is 6.07 Å². The summed E-state index contributed by atoms with van der Waals surface area (Å²) in [4.78, 5) is 0. The van der Waals surface area contributed by atoms with Crippen LogP contribution in [0.4, 0.5) is 4.39 Å². The molecule has 16 heavy (non-hydrogen) atoms. The third kappa shape index (κ3) is 3.87. The minimum absolute atomic E-state index is 0.0954. The van der Waals surface area contributed by atoms with Gasteiger partial charge in [0.15, 0.2) is 0 Å². The maximum atomic E-state index is 13.1. The molecule has 0 bridgehead atoms. The molecule has 0 saturated heterocycles. The van der Waals surface area contributed by atoms with E-state index >= 15 is 0 Å². The van der Waals surface area contributed by atoms with Crippen molar-refractivity contribution in [3.8, 4) is 0 Å². The number of halogens is 2. The summed E-state index contributed by atoms with van der Waals surface area (Å²) in [5, 5.41) is 0. The predicted molar refractivity (Wildman–Crippen MR) is 69.9 cm³/mol. The molecule has 1 nitrogen and oxygen atoms in total. The maximum Gasteiger partial charge on any atom is 0.123 e. The second kappa shape index (κ2) is 6.36. The highest BCUT2D eigenvalue weighted by molar-refractivity contribution is 9.10. The molecule has 1 rings (SSSR count). The van der Waals surface area contributed by atoms with Crippen LogP contribution in [0.15, 0.2) is 22.7 Å². The first-order valence-electron chi connectivity index (χ1n) is 5.74. The Morgan fingerprint density at radius 1 is 1.44 bits per heavy atom. The van der Waals surface area contributed by atoms with Gasteiger partial charge in [-0.1, -0.05) is 36.2 Å². The van der Waals surface area contributed by atoms with E-state index < -0.39 is 0 Å². The minimum atomic E-state index is -0.200. The molecule has 0 aliphatic carbocycles. The van der Waals surface area contributed by atoms with Gasteiger partial charge in [-0.05, 0) is 42.5 Å². The summed E-state index contributed by atoms with van der Waals surface area (Å²) in [5.41, 5.74) is 7.07. The normalized spacial score (nSPS) is 14.8. The lowest BCUT2D eigenvalue weighted by Gasteiger charge is -2.19.